The quantitative estimate of drug-likeness (QED) is 0.250. The highest BCUT2D eigenvalue weighted by Crippen LogP contribution is 2.43. The van der Waals surface area contributed by atoms with Gasteiger partial charge in [0.05, 0.1) is 23.2 Å². The molecule has 1 saturated carbocycles. The summed E-state index contributed by atoms with van der Waals surface area (Å²) in [7, 11) is 1.24. The maximum Gasteiger partial charge on any atom is 0.339 e. The summed E-state index contributed by atoms with van der Waals surface area (Å²) in [5, 5.41) is 11.7. The van der Waals surface area contributed by atoms with Crippen molar-refractivity contribution in [3.8, 4) is 11.8 Å². The maximum absolute atomic E-state index is 12.4. The molecule has 0 spiro atoms. The van der Waals surface area contributed by atoms with E-state index in [1.807, 2.05) is 0 Å². The molecule has 1 aromatic carbocycles. The van der Waals surface area contributed by atoms with Crippen molar-refractivity contribution in [1.82, 2.24) is 0 Å². The highest BCUT2D eigenvalue weighted by Gasteiger charge is 2.36. The van der Waals surface area contributed by atoms with Gasteiger partial charge in [-0.2, -0.15) is 0 Å². The summed E-state index contributed by atoms with van der Waals surface area (Å²) < 4.78 is 11.2. The first kappa shape index (κ1) is 21.2. The molecule has 1 aliphatic rings. The number of nitrogen functional groups attached to an aromatic ring is 1. The predicted octanol–water partition coefficient (Wildman–Crippen LogP) is 4.04. The lowest BCUT2D eigenvalue weighted by molar-refractivity contribution is -0.384. The normalized spacial score (nSPS) is 14.9. The Hall–Kier alpha value is -2.11. The minimum absolute atomic E-state index is 0.0272. The van der Waals surface area contributed by atoms with Gasteiger partial charge in [0.25, 0.3) is 5.69 Å². The lowest BCUT2D eigenvalue weighted by Crippen LogP contribution is -2.29. The first-order valence-electron chi connectivity index (χ1n) is 8.51. The first-order chi connectivity index (χ1) is 12.5. The Kier molecular flexibility index (Phi) is 6.17. The van der Waals surface area contributed by atoms with Gasteiger partial charge in [0, 0.05) is 21.5 Å². The number of halogens is 1. The molecule has 146 valence electrons. The molecule has 8 heteroatoms. The van der Waals surface area contributed by atoms with Crippen LogP contribution in [0.15, 0.2) is 4.47 Å². The number of hydrogen-bond donors (Lipinski definition) is 1. The van der Waals surface area contributed by atoms with Crippen molar-refractivity contribution in [2.45, 2.75) is 52.2 Å². The van der Waals surface area contributed by atoms with Crippen molar-refractivity contribution < 1.29 is 19.2 Å². The van der Waals surface area contributed by atoms with Crippen molar-refractivity contribution in [2.75, 3.05) is 12.8 Å². The van der Waals surface area contributed by atoms with Gasteiger partial charge in [-0.1, -0.05) is 11.8 Å². The predicted molar refractivity (Wildman–Crippen MR) is 105 cm³/mol. The van der Waals surface area contributed by atoms with E-state index in [4.69, 9.17) is 15.2 Å². The van der Waals surface area contributed by atoms with Gasteiger partial charge < -0.3 is 15.2 Å². The molecule has 0 aliphatic heterocycles. The number of carbonyl (C=O) groups is 1. The number of nitrogens with two attached hydrogens (primary N) is 1. The van der Waals surface area contributed by atoms with Crippen molar-refractivity contribution in [2.24, 2.45) is 5.92 Å². The van der Waals surface area contributed by atoms with Crippen LogP contribution < -0.4 is 5.73 Å². The molecule has 0 saturated heterocycles. The van der Waals surface area contributed by atoms with E-state index >= 15 is 0 Å². The topological polar surface area (TPSA) is 105 Å². The van der Waals surface area contributed by atoms with Crippen molar-refractivity contribution >= 4 is 33.3 Å². The Morgan fingerprint density at radius 1 is 1.41 bits per heavy atom. The average Bonchev–Trinajstić information content (AvgIpc) is 3.35. The minimum atomic E-state index is -1.16. The molecule has 0 heterocycles. The summed E-state index contributed by atoms with van der Waals surface area (Å²) in [6, 6.07) is 0. The number of methoxy groups -OCH3 is 1. The Morgan fingerprint density at radius 2 is 2.00 bits per heavy atom. The number of nitro groups is 1. The zero-order valence-electron chi connectivity index (χ0n) is 16.0. The molecule has 2 rings (SSSR count). The van der Waals surface area contributed by atoms with E-state index in [2.05, 4.69) is 27.8 Å². The van der Waals surface area contributed by atoms with E-state index in [-0.39, 0.29) is 22.9 Å². The van der Waals surface area contributed by atoms with Gasteiger partial charge in [-0.05, 0) is 56.5 Å². The van der Waals surface area contributed by atoms with Crippen LogP contribution >= 0.6 is 15.9 Å². The van der Waals surface area contributed by atoms with Crippen LogP contribution in [0.5, 0.6) is 0 Å². The molecule has 27 heavy (non-hydrogen) atoms. The van der Waals surface area contributed by atoms with Crippen LogP contribution in [-0.2, 0) is 14.3 Å². The van der Waals surface area contributed by atoms with E-state index in [1.54, 1.807) is 20.8 Å². The zero-order valence-corrected chi connectivity index (χ0v) is 17.6. The Labute approximate surface area is 166 Å². The molecule has 1 aromatic rings. The molecule has 7 nitrogen and oxygen atoms in total. The van der Waals surface area contributed by atoms with Crippen molar-refractivity contribution in [3.63, 3.8) is 0 Å². The molecule has 1 atom stereocenters. The highest BCUT2D eigenvalue weighted by molar-refractivity contribution is 9.10. The second-order valence-electron chi connectivity index (χ2n) is 7.42. The number of anilines is 1. The summed E-state index contributed by atoms with van der Waals surface area (Å²) in [6.07, 6.45) is 0.845. The summed E-state index contributed by atoms with van der Waals surface area (Å²) in [6.45, 7) is 6.89. The van der Waals surface area contributed by atoms with Crippen molar-refractivity contribution in [1.29, 1.82) is 0 Å². The number of rotatable bonds is 4. The van der Waals surface area contributed by atoms with E-state index in [9.17, 15) is 14.9 Å². The molecule has 0 aromatic heterocycles. The van der Waals surface area contributed by atoms with Crippen LogP contribution in [0, 0.1) is 34.8 Å². The second kappa shape index (κ2) is 7.87. The number of esters is 1. The van der Waals surface area contributed by atoms with Crippen LogP contribution in [0.1, 0.15) is 56.4 Å². The molecular formula is C19H23BrN2O5. The van der Waals surface area contributed by atoms with E-state index in [0.717, 1.165) is 12.8 Å². The lowest BCUT2D eigenvalue weighted by atomic mass is 9.95. The molecule has 0 amide bonds. The van der Waals surface area contributed by atoms with Crippen LogP contribution in [0.2, 0.25) is 0 Å². The second-order valence-corrected chi connectivity index (χ2v) is 8.22. The van der Waals surface area contributed by atoms with Gasteiger partial charge in [0.15, 0.2) is 6.10 Å². The van der Waals surface area contributed by atoms with Gasteiger partial charge in [0.2, 0.25) is 0 Å². The Bertz CT molecular complexity index is 845. The van der Waals surface area contributed by atoms with E-state index < -0.39 is 22.6 Å². The fraction of sp³-hybridized carbons (Fsp3) is 0.526. The fourth-order valence-electron chi connectivity index (χ4n) is 2.62. The Morgan fingerprint density at radius 3 is 2.44 bits per heavy atom. The molecule has 1 aliphatic carbocycles. The SMILES string of the molecule is COC(=O)[C@@H](OC(C)(C)C)c1c(C)c([N+](=O)[O-])c(N)c(C#CC2CC2)c1Br. The van der Waals surface area contributed by atoms with Gasteiger partial charge in [-0.3, -0.25) is 10.1 Å². The first-order valence-corrected chi connectivity index (χ1v) is 9.30. The summed E-state index contributed by atoms with van der Waals surface area (Å²) in [5.41, 5.74) is 5.90. The molecule has 0 radical (unpaired) electrons. The molecule has 0 bridgehead atoms. The summed E-state index contributed by atoms with van der Waals surface area (Å²) >= 11 is 3.45. The van der Waals surface area contributed by atoms with Gasteiger partial charge in [-0.15, -0.1) is 0 Å². The van der Waals surface area contributed by atoms with Crippen molar-refractivity contribution in [3.05, 3.63) is 31.3 Å². The number of carbonyl (C=O) groups excluding carboxylic acids is 1. The van der Waals surface area contributed by atoms with Gasteiger partial charge in [-0.25, -0.2) is 4.79 Å². The third kappa shape index (κ3) is 4.79. The largest absolute Gasteiger partial charge is 0.467 e. The molecule has 0 unspecified atom stereocenters. The van der Waals surface area contributed by atoms with Crippen LogP contribution in [0.3, 0.4) is 0 Å². The molecular weight excluding hydrogens is 416 g/mol. The van der Waals surface area contributed by atoms with Gasteiger partial charge >= 0.3 is 5.97 Å². The van der Waals surface area contributed by atoms with Crippen LogP contribution in [0.4, 0.5) is 11.4 Å². The monoisotopic (exact) mass is 438 g/mol. The average molecular weight is 439 g/mol. The highest BCUT2D eigenvalue weighted by atomic mass is 79.9. The number of nitrogens with zero attached hydrogens (tertiary/aromatic N) is 1. The molecule has 2 N–H and O–H groups in total. The lowest BCUT2D eigenvalue weighted by Gasteiger charge is -2.28. The summed E-state index contributed by atoms with van der Waals surface area (Å²) in [5.74, 6) is 5.63. The number of ether oxygens (including phenoxy) is 2. The standard InChI is InChI=1S/C19H23BrN2O5/c1-10-13(17(18(23)26-5)27-19(2,3)4)14(20)12(9-8-11-6-7-11)15(21)16(10)22(24)25/h11,17H,6-7,21H2,1-5H3/t17-/m0/s1. The fourth-order valence-corrected chi connectivity index (χ4v) is 3.44. The number of nitro benzene ring substituents is 1. The van der Waals surface area contributed by atoms with Gasteiger partial charge in [0.1, 0.15) is 5.69 Å². The minimum Gasteiger partial charge on any atom is -0.467 e. The summed E-state index contributed by atoms with van der Waals surface area (Å²) in [4.78, 5) is 23.5. The van der Waals surface area contributed by atoms with Crippen LogP contribution in [0.25, 0.3) is 0 Å². The smallest absolute Gasteiger partial charge is 0.339 e. The molecule has 1 fully saturated rings. The number of benzene rings is 1. The Balaban J connectivity index is 2.77. The van der Waals surface area contributed by atoms with E-state index in [0.29, 0.717) is 15.6 Å². The van der Waals surface area contributed by atoms with Crippen LogP contribution in [-0.4, -0.2) is 23.6 Å². The number of hydrogen-bond acceptors (Lipinski definition) is 6. The third-order valence-electron chi connectivity index (χ3n) is 4.05. The zero-order chi connectivity index (χ0) is 20.5. The third-order valence-corrected chi connectivity index (χ3v) is 4.87. The van der Waals surface area contributed by atoms with E-state index in [1.165, 1.54) is 14.0 Å². The maximum atomic E-state index is 12.4.